The van der Waals surface area contributed by atoms with Gasteiger partial charge in [-0.15, -0.1) is 0 Å². The fraction of sp³-hybridized carbons (Fsp3) is 0.292. The number of benzene rings is 2. The highest BCUT2D eigenvalue weighted by Crippen LogP contribution is 2.46. The van der Waals surface area contributed by atoms with Crippen LogP contribution in [0.5, 0.6) is 0 Å². The molecule has 9 nitrogen and oxygen atoms in total. The van der Waals surface area contributed by atoms with E-state index in [4.69, 9.17) is 0 Å². The second-order valence-electron chi connectivity index (χ2n) is 8.60. The Morgan fingerprint density at radius 3 is 2.34 bits per heavy atom. The number of halogens is 1. The van der Waals surface area contributed by atoms with Crippen LogP contribution in [0, 0.1) is 5.82 Å². The van der Waals surface area contributed by atoms with E-state index < -0.39 is 33.8 Å². The molecule has 1 aliphatic heterocycles. The van der Waals surface area contributed by atoms with Gasteiger partial charge in [-0.1, -0.05) is 18.2 Å². The third kappa shape index (κ3) is 4.90. The van der Waals surface area contributed by atoms with Crippen LogP contribution in [-0.2, 0) is 21.2 Å². The van der Waals surface area contributed by atoms with Gasteiger partial charge in [0.1, 0.15) is 15.7 Å². The van der Waals surface area contributed by atoms with Gasteiger partial charge in [-0.2, -0.15) is 5.10 Å². The number of hydrogen-bond acceptors (Lipinski definition) is 5. The van der Waals surface area contributed by atoms with Crippen LogP contribution in [0.25, 0.3) is 11.1 Å². The summed E-state index contributed by atoms with van der Waals surface area (Å²) in [5.74, 6) is -0.758. The Morgan fingerprint density at radius 1 is 1.06 bits per heavy atom. The molecule has 0 spiro atoms. The predicted octanol–water partition coefficient (Wildman–Crippen LogP) is 3.71. The number of carboxylic acid groups (broad SMARTS) is 1. The van der Waals surface area contributed by atoms with Crippen molar-refractivity contribution in [1.29, 1.82) is 0 Å². The maximum absolute atomic E-state index is 13.6. The standard InChI is InChI=1S/C24H25FN4O5S/c1-15-23(17-4-7-20(25)8-5-17)29(24(31)32)22-12-18(6-9-21(22)28(15)16(2)30)19-13-26-27(14-19)10-11-35(3,33)34/h4-9,12-15,23H,10-11H2,1-3H3,(H,31,32)/t15-,23?/m0/s1. The van der Waals surface area contributed by atoms with Crippen molar-refractivity contribution in [3.63, 3.8) is 0 Å². The Bertz CT molecular complexity index is 1390. The Hall–Kier alpha value is -3.73. The lowest BCUT2D eigenvalue weighted by atomic mass is 9.92. The normalized spacial score (nSPS) is 17.8. The molecule has 11 heteroatoms. The van der Waals surface area contributed by atoms with E-state index in [0.717, 1.165) is 6.26 Å². The molecule has 2 atom stereocenters. The number of carbonyl (C=O) groups excluding carboxylic acids is 1. The first kappa shape index (κ1) is 24.4. The number of carbonyl (C=O) groups is 2. The fourth-order valence-electron chi connectivity index (χ4n) is 4.49. The van der Waals surface area contributed by atoms with Gasteiger partial charge in [-0.3, -0.25) is 14.4 Å². The van der Waals surface area contributed by atoms with Crippen LogP contribution in [0.2, 0.25) is 0 Å². The number of aryl methyl sites for hydroxylation is 1. The second-order valence-corrected chi connectivity index (χ2v) is 10.9. The van der Waals surface area contributed by atoms with Crippen molar-refractivity contribution in [2.45, 2.75) is 32.5 Å². The minimum absolute atomic E-state index is 0.0596. The topological polar surface area (TPSA) is 113 Å². The summed E-state index contributed by atoms with van der Waals surface area (Å²) >= 11 is 0. The molecule has 1 aromatic heterocycles. The fourth-order valence-corrected chi connectivity index (χ4v) is 5.00. The number of rotatable bonds is 5. The quantitative estimate of drug-likeness (QED) is 0.571. The predicted molar refractivity (Wildman–Crippen MR) is 130 cm³/mol. The molecule has 0 saturated heterocycles. The minimum atomic E-state index is -3.16. The highest BCUT2D eigenvalue weighted by atomic mass is 32.2. The molecule has 2 amide bonds. The van der Waals surface area contributed by atoms with Gasteiger partial charge in [-0.05, 0) is 42.3 Å². The van der Waals surface area contributed by atoms with Gasteiger partial charge < -0.3 is 10.0 Å². The monoisotopic (exact) mass is 500 g/mol. The summed E-state index contributed by atoms with van der Waals surface area (Å²) in [6.07, 6.45) is 3.20. The summed E-state index contributed by atoms with van der Waals surface area (Å²) in [4.78, 5) is 27.9. The van der Waals surface area contributed by atoms with E-state index >= 15 is 0 Å². The number of fused-ring (bicyclic) bond motifs is 1. The maximum atomic E-state index is 13.6. The van der Waals surface area contributed by atoms with Crippen LogP contribution in [0.4, 0.5) is 20.6 Å². The van der Waals surface area contributed by atoms with Gasteiger partial charge in [0.25, 0.3) is 0 Å². The van der Waals surface area contributed by atoms with Crippen LogP contribution in [0.15, 0.2) is 54.9 Å². The van der Waals surface area contributed by atoms with Gasteiger partial charge in [0.2, 0.25) is 5.91 Å². The Labute approximate surface area is 202 Å². The summed E-state index contributed by atoms with van der Waals surface area (Å²) in [5, 5.41) is 14.4. The van der Waals surface area contributed by atoms with E-state index in [9.17, 15) is 27.5 Å². The van der Waals surface area contributed by atoms with Crippen molar-refractivity contribution >= 4 is 33.2 Å². The molecule has 3 aromatic rings. The van der Waals surface area contributed by atoms with Crippen molar-refractivity contribution in [3.05, 3.63) is 66.2 Å². The van der Waals surface area contributed by atoms with Gasteiger partial charge in [0.15, 0.2) is 0 Å². The Kier molecular flexibility index (Phi) is 6.37. The summed E-state index contributed by atoms with van der Waals surface area (Å²) in [6, 6.07) is 9.36. The first-order chi connectivity index (χ1) is 16.5. The average molecular weight is 501 g/mol. The molecule has 0 radical (unpaired) electrons. The van der Waals surface area contributed by atoms with E-state index in [1.54, 1.807) is 42.4 Å². The number of sulfone groups is 1. The zero-order valence-corrected chi connectivity index (χ0v) is 20.2. The Morgan fingerprint density at radius 2 is 1.74 bits per heavy atom. The summed E-state index contributed by atoms with van der Waals surface area (Å²) < 4.78 is 38.0. The van der Waals surface area contributed by atoms with Gasteiger partial charge >= 0.3 is 6.09 Å². The van der Waals surface area contributed by atoms with E-state index in [-0.39, 0.29) is 18.2 Å². The van der Waals surface area contributed by atoms with Crippen molar-refractivity contribution < 1.29 is 27.5 Å². The highest BCUT2D eigenvalue weighted by molar-refractivity contribution is 7.90. The van der Waals surface area contributed by atoms with E-state index in [1.165, 1.54) is 40.8 Å². The molecule has 4 rings (SSSR count). The molecular formula is C24H25FN4O5S. The molecule has 184 valence electrons. The minimum Gasteiger partial charge on any atom is -0.465 e. The van der Waals surface area contributed by atoms with Crippen LogP contribution in [0.3, 0.4) is 0 Å². The lowest BCUT2D eigenvalue weighted by molar-refractivity contribution is -0.117. The molecular weight excluding hydrogens is 475 g/mol. The van der Waals surface area contributed by atoms with E-state index in [0.29, 0.717) is 28.1 Å². The van der Waals surface area contributed by atoms with E-state index in [1.807, 2.05) is 0 Å². The number of anilines is 2. The molecule has 1 N–H and O–H groups in total. The summed E-state index contributed by atoms with van der Waals surface area (Å²) in [6.45, 7) is 3.36. The molecule has 35 heavy (non-hydrogen) atoms. The van der Waals surface area contributed by atoms with Crippen LogP contribution in [-0.4, -0.2) is 53.4 Å². The third-order valence-electron chi connectivity index (χ3n) is 6.05. The zero-order chi connectivity index (χ0) is 25.5. The van der Waals surface area contributed by atoms with Gasteiger partial charge in [-0.25, -0.2) is 17.6 Å². The van der Waals surface area contributed by atoms with Crippen molar-refractivity contribution in [1.82, 2.24) is 9.78 Å². The maximum Gasteiger partial charge on any atom is 0.412 e. The largest absolute Gasteiger partial charge is 0.465 e. The number of aromatic nitrogens is 2. The first-order valence-electron chi connectivity index (χ1n) is 10.9. The van der Waals surface area contributed by atoms with Crippen molar-refractivity contribution in [3.8, 4) is 11.1 Å². The number of nitrogens with zero attached hydrogens (tertiary/aromatic N) is 4. The van der Waals surface area contributed by atoms with Crippen molar-refractivity contribution in [2.75, 3.05) is 21.8 Å². The Balaban J connectivity index is 1.81. The van der Waals surface area contributed by atoms with Crippen LogP contribution in [0.1, 0.15) is 25.5 Å². The molecule has 0 saturated carbocycles. The molecule has 2 aromatic carbocycles. The first-order valence-corrected chi connectivity index (χ1v) is 12.9. The lowest BCUT2D eigenvalue weighted by Gasteiger charge is -2.46. The van der Waals surface area contributed by atoms with E-state index in [2.05, 4.69) is 5.10 Å². The number of hydrogen-bond donors (Lipinski definition) is 1. The summed E-state index contributed by atoms with van der Waals surface area (Å²) in [7, 11) is -3.16. The molecule has 0 bridgehead atoms. The smallest absolute Gasteiger partial charge is 0.412 e. The second kappa shape index (κ2) is 9.14. The van der Waals surface area contributed by atoms with Crippen LogP contribution >= 0.6 is 0 Å². The third-order valence-corrected chi connectivity index (χ3v) is 6.98. The molecule has 1 aliphatic rings. The van der Waals surface area contributed by atoms with Gasteiger partial charge in [0, 0.05) is 24.9 Å². The van der Waals surface area contributed by atoms with Crippen LogP contribution < -0.4 is 9.80 Å². The molecule has 2 heterocycles. The lowest BCUT2D eigenvalue weighted by Crippen LogP contribution is -2.53. The SMILES string of the molecule is CC(=O)N1c2ccc(-c3cnn(CCS(C)(=O)=O)c3)cc2N(C(=O)O)C(c2ccc(F)cc2)[C@@H]1C. The zero-order valence-electron chi connectivity index (χ0n) is 19.4. The van der Waals surface area contributed by atoms with Gasteiger partial charge in [0.05, 0.1) is 42.0 Å². The molecule has 0 fully saturated rings. The number of amides is 2. The highest BCUT2D eigenvalue weighted by Gasteiger charge is 2.42. The average Bonchev–Trinajstić information content (AvgIpc) is 3.25. The van der Waals surface area contributed by atoms with Crippen molar-refractivity contribution in [2.24, 2.45) is 0 Å². The molecule has 1 unspecified atom stereocenters. The molecule has 0 aliphatic carbocycles. The summed E-state index contributed by atoms with van der Waals surface area (Å²) in [5.41, 5.74) is 2.62.